The van der Waals surface area contributed by atoms with E-state index in [-0.39, 0.29) is 18.4 Å². The van der Waals surface area contributed by atoms with Crippen molar-refractivity contribution >= 4 is 5.96 Å². The summed E-state index contributed by atoms with van der Waals surface area (Å²) in [6.07, 6.45) is 0. The first-order chi connectivity index (χ1) is 10.6. The van der Waals surface area contributed by atoms with Crippen LogP contribution in [-0.2, 0) is 4.74 Å². The van der Waals surface area contributed by atoms with Crippen LogP contribution in [0.1, 0.15) is 13.8 Å². The van der Waals surface area contributed by atoms with Crippen molar-refractivity contribution in [2.24, 2.45) is 4.99 Å². The summed E-state index contributed by atoms with van der Waals surface area (Å²) in [5.41, 5.74) is 0. The molecule has 2 N–H and O–H groups in total. The molecule has 124 valence electrons. The molecule has 5 nitrogen and oxygen atoms in total. The number of rotatable bonds is 8. The van der Waals surface area contributed by atoms with Crippen LogP contribution in [0.3, 0.4) is 0 Å². The summed E-state index contributed by atoms with van der Waals surface area (Å²) >= 11 is 0. The van der Waals surface area contributed by atoms with Gasteiger partial charge in [-0.2, -0.15) is 0 Å². The minimum absolute atomic E-state index is 0.0160. The van der Waals surface area contributed by atoms with E-state index in [0.29, 0.717) is 19.1 Å². The summed E-state index contributed by atoms with van der Waals surface area (Å²) in [5.74, 6) is -0.700. The lowest BCUT2D eigenvalue weighted by Crippen LogP contribution is -2.44. The van der Waals surface area contributed by atoms with Crippen molar-refractivity contribution in [3.05, 3.63) is 29.8 Å². The second-order valence-electron chi connectivity index (χ2n) is 4.68. The monoisotopic (exact) mass is 315 g/mol. The summed E-state index contributed by atoms with van der Waals surface area (Å²) in [6.45, 7) is 5.74. The molecule has 1 atom stereocenters. The third-order valence-corrected chi connectivity index (χ3v) is 2.66. The molecular weight excluding hydrogens is 292 g/mol. The Labute approximate surface area is 129 Å². The van der Waals surface area contributed by atoms with E-state index >= 15 is 0 Å². The molecule has 0 amide bonds. The van der Waals surface area contributed by atoms with Gasteiger partial charge in [0.15, 0.2) is 17.5 Å². The van der Waals surface area contributed by atoms with Gasteiger partial charge in [0.05, 0.1) is 13.2 Å². The highest BCUT2D eigenvalue weighted by atomic mass is 19.1. The lowest BCUT2D eigenvalue weighted by atomic mass is 10.3. The van der Waals surface area contributed by atoms with Crippen LogP contribution in [0.5, 0.6) is 5.75 Å². The van der Waals surface area contributed by atoms with Crippen molar-refractivity contribution in [2.45, 2.75) is 19.9 Å². The lowest BCUT2D eigenvalue weighted by Gasteiger charge is -2.17. The zero-order chi connectivity index (χ0) is 16.4. The van der Waals surface area contributed by atoms with Crippen LogP contribution in [0, 0.1) is 11.6 Å². The molecule has 1 aromatic rings. The number of hydrogen-bond acceptors (Lipinski definition) is 3. The van der Waals surface area contributed by atoms with E-state index in [9.17, 15) is 8.78 Å². The van der Waals surface area contributed by atoms with Gasteiger partial charge in [0.1, 0.15) is 12.4 Å². The molecular formula is C15H23F2N3O2. The van der Waals surface area contributed by atoms with Gasteiger partial charge < -0.3 is 20.1 Å². The summed E-state index contributed by atoms with van der Waals surface area (Å²) in [5, 5.41) is 6.26. The van der Waals surface area contributed by atoms with Crippen molar-refractivity contribution in [1.29, 1.82) is 0 Å². The van der Waals surface area contributed by atoms with Gasteiger partial charge in [-0.3, -0.25) is 0 Å². The largest absolute Gasteiger partial charge is 0.489 e. The summed E-state index contributed by atoms with van der Waals surface area (Å²) in [7, 11) is 1.63. The number of hydrogen-bond donors (Lipinski definition) is 2. The predicted octanol–water partition coefficient (Wildman–Crippen LogP) is 1.93. The predicted molar refractivity (Wildman–Crippen MR) is 82.3 cm³/mol. The highest BCUT2D eigenvalue weighted by Crippen LogP contribution is 2.17. The maximum atomic E-state index is 13.4. The van der Waals surface area contributed by atoms with E-state index < -0.39 is 11.6 Å². The SMILES string of the molecule is CCNC(=NCCOc1ccc(F)cc1F)NC(C)COC. The molecule has 0 bridgehead atoms. The Morgan fingerprint density at radius 3 is 2.77 bits per heavy atom. The van der Waals surface area contributed by atoms with Gasteiger partial charge in [0.2, 0.25) is 0 Å². The topological polar surface area (TPSA) is 54.9 Å². The Hall–Kier alpha value is -1.89. The number of methoxy groups -OCH3 is 1. The molecule has 0 saturated carbocycles. The van der Waals surface area contributed by atoms with Crippen LogP contribution in [0.25, 0.3) is 0 Å². The van der Waals surface area contributed by atoms with Crippen LogP contribution < -0.4 is 15.4 Å². The van der Waals surface area contributed by atoms with E-state index in [0.717, 1.165) is 18.7 Å². The van der Waals surface area contributed by atoms with Crippen molar-refractivity contribution in [1.82, 2.24) is 10.6 Å². The molecule has 0 spiro atoms. The number of guanidine groups is 1. The second-order valence-corrected chi connectivity index (χ2v) is 4.68. The van der Waals surface area contributed by atoms with Gasteiger partial charge in [-0.25, -0.2) is 13.8 Å². The Balaban J connectivity index is 2.46. The zero-order valence-electron chi connectivity index (χ0n) is 13.2. The highest BCUT2D eigenvalue weighted by molar-refractivity contribution is 5.80. The molecule has 0 radical (unpaired) electrons. The van der Waals surface area contributed by atoms with E-state index in [1.807, 2.05) is 13.8 Å². The Morgan fingerprint density at radius 1 is 1.36 bits per heavy atom. The van der Waals surface area contributed by atoms with Crippen molar-refractivity contribution < 1.29 is 18.3 Å². The Bertz CT molecular complexity index is 484. The quantitative estimate of drug-likeness (QED) is 0.437. The minimum atomic E-state index is -0.720. The van der Waals surface area contributed by atoms with Gasteiger partial charge in [-0.15, -0.1) is 0 Å². The number of ether oxygens (including phenoxy) is 2. The van der Waals surface area contributed by atoms with Gasteiger partial charge in [-0.1, -0.05) is 0 Å². The van der Waals surface area contributed by atoms with Gasteiger partial charge in [0, 0.05) is 25.8 Å². The minimum Gasteiger partial charge on any atom is -0.489 e. The van der Waals surface area contributed by atoms with Crippen molar-refractivity contribution in [3.8, 4) is 5.75 Å². The lowest BCUT2D eigenvalue weighted by molar-refractivity contribution is 0.179. The molecule has 7 heteroatoms. The third kappa shape index (κ3) is 6.71. The van der Waals surface area contributed by atoms with E-state index in [2.05, 4.69) is 15.6 Å². The zero-order valence-corrected chi connectivity index (χ0v) is 13.2. The molecule has 0 aliphatic rings. The number of halogens is 2. The molecule has 0 fully saturated rings. The first-order valence-electron chi connectivity index (χ1n) is 7.18. The standard InChI is InChI=1S/C15H23F2N3O2/c1-4-18-15(20-11(2)10-21-3)19-7-8-22-14-6-5-12(16)9-13(14)17/h5-6,9,11H,4,7-8,10H2,1-3H3,(H2,18,19,20). The fraction of sp³-hybridized carbons (Fsp3) is 0.533. The molecule has 1 aromatic carbocycles. The smallest absolute Gasteiger partial charge is 0.191 e. The fourth-order valence-electron chi connectivity index (χ4n) is 1.75. The molecule has 0 aromatic heterocycles. The van der Waals surface area contributed by atoms with Crippen molar-refractivity contribution in [3.63, 3.8) is 0 Å². The van der Waals surface area contributed by atoms with Crippen LogP contribution in [0.2, 0.25) is 0 Å². The van der Waals surface area contributed by atoms with Gasteiger partial charge in [-0.05, 0) is 26.0 Å². The summed E-state index contributed by atoms with van der Waals surface area (Å²) < 4.78 is 36.4. The van der Waals surface area contributed by atoms with Gasteiger partial charge in [0.25, 0.3) is 0 Å². The maximum Gasteiger partial charge on any atom is 0.191 e. The van der Waals surface area contributed by atoms with E-state index in [4.69, 9.17) is 9.47 Å². The molecule has 0 aliphatic heterocycles. The molecule has 1 unspecified atom stereocenters. The normalized spacial score (nSPS) is 12.9. The summed E-state index contributed by atoms with van der Waals surface area (Å²) in [6, 6.07) is 3.31. The Kier molecular flexibility index (Phi) is 8.21. The van der Waals surface area contributed by atoms with Crippen LogP contribution in [0.4, 0.5) is 8.78 Å². The molecule has 0 saturated heterocycles. The van der Waals surface area contributed by atoms with Gasteiger partial charge >= 0.3 is 0 Å². The summed E-state index contributed by atoms with van der Waals surface area (Å²) in [4.78, 5) is 4.32. The maximum absolute atomic E-state index is 13.4. The van der Waals surface area contributed by atoms with Crippen LogP contribution >= 0.6 is 0 Å². The van der Waals surface area contributed by atoms with E-state index in [1.54, 1.807) is 7.11 Å². The van der Waals surface area contributed by atoms with Crippen molar-refractivity contribution in [2.75, 3.05) is 33.4 Å². The van der Waals surface area contributed by atoms with Crippen LogP contribution in [-0.4, -0.2) is 45.4 Å². The molecule has 0 heterocycles. The first-order valence-corrected chi connectivity index (χ1v) is 7.18. The molecule has 0 aliphatic carbocycles. The van der Waals surface area contributed by atoms with Crippen LogP contribution in [0.15, 0.2) is 23.2 Å². The average molecular weight is 315 g/mol. The molecule has 1 rings (SSSR count). The Morgan fingerprint density at radius 2 is 2.14 bits per heavy atom. The third-order valence-electron chi connectivity index (χ3n) is 2.66. The average Bonchev–Trinajstić information content (AvgIpc) is 2.45. The molecule has 22 heavy (non-hydrogen) atoms. The number of nitrogens with one attached hydrogen (secondary N) is 2. The number of nitrogens with zero attached hydrogens (tertiary/aromatic N) is 1. The number of aliphatic imine (C=N–C) groups is 1. The van der Waals surface area contributed by atoms with E-state index in [1.165, 1.54) is 6.07 Å². The highest BCUT2D eigenvalue weighted by Gasteiger charge is 2.06. The number of benzene rings is 1. The second kappa shape index (κ2) is 9.94. The first kappa shape index (κ1) is 18.2. The fourth-order valence-corrected chi connectivity index (χ4v) is 1.75.